The Morgan fingerprint density at radius 1 is 1.11 bits per heavy atom. The van der Waals surface area contributed by atoms with E-state index in [1.165, 1.54) is 11.6 Å². The number of ether oxygens (including phenoxy) is 1. The van der Waals surface area contributed by atoms with Crippen molar-refractivity contribution < 1.29 is 9.53 Å². The van der Waals surface area contributed by atoms with E-state index < -0.39 is 0 Å². The maximum absolute atomic E-state index is 12.0. The zero-order chi connectivity index (χ0) is 19.9. The lowest BCUT2D eigenvalue weighted by Crippen LogP contribution is -2.02. The SMILES string of the molecule is CCCCOC(=O)/C=C/c1cccc(C(C)C)c1-c1cccc2cccnc12. The number of fused-ring (bicyclic) bond motifs is 1. The lowest BCUT2D eigenvalue weighted by Gasteiger charge is -2.17. The van der Waals surface area contributed by atoms with Gasteiger partial charge in [-0.25, -0.2) is 4.79 Å². The molecule has 0 fully saturated rings. The summed E-state index contributed by atoms with van der Waals surface area (Å²) in [4.78, 5) is 16.7. The van der Waals surface area contributed by atoms with Crippen LogP contribution in [-0.4, -0.2) is 17.6 Å². The summed E-state index contributed by atoms with van der Waals surface area (Å²) in [6, 6.07) is 16.5. The minimum Gasteiger partial charge on any atom is -0.463 e. The molecule has 0 saturated carbocycles. The molecule has 0 N–H and O–H groups in total. The summed E-state index contributed by atoms with van der Waals surface area (Å²) >= 11 is 0. The minimum absolute atomic E-state index is 0.301. The molecule has 0 aliphatic heterocycles. The molecule has 0 atom stereocenters. The summed E-state index contributed by atoms with van der Waals surface area (Å²) in [5, 5.41) is 1.10. The van der Waals surface area contributed by atoms with Gasteiger partial charge in [0, 0.05) is 23.2 Å². The van der Waals surface area contributed by atoms with Crippen molar-refractivity contribution in [1.29, 1.82) is 0 Å². The van der Waals surface area contributed by atoms with E-state index in [1.807, 2.05) is 30.5 Å². The fraction of sp³-hybridized carbons (Fsp3) is 0.280. The lowest BCUT2D eigenvalue weighted by molar-refractivity contribution is -0.137. The van der Waals surface area contributed by atoms with Gasteiger partial charge < -0.3 is 4.74 Å². The highest BCUT2D eigenvalue weighted by Gasteiger charge is 2.15. The van der Waals surface area contributed by atoms with Gasteiger partial charge in [0.1, 0.15) is 0 Å². The zero-order valence-electron chi connectivity index (χ0n) is 16.8. The van der Waals surface area contributed by atoms with Crippen molar-refractivity contribution in [2.24, 2.45) is 0 Å². The average molecular weight is 373 g/mol. The molecule has 3 nitrogen and oxygen atoms in total. The molecule has 28 heavy (non-hydrogen) atoms. The topological polar surface area (TPSA) is 39.2 Å². The van der Waals surface area contributed by atoms with Crippen LogP contribution in [0.25, 0.3) is 28.1 Å². The molecule has 2 aromatic carbocycles. The van der Waals surface area contributed by atoms with E-state index in [0.29, 0.717) is 12.5 Å². The monoisotopic (exact) mass is 373 g/mol. The molecule has 0 bridgehead atoms. The van der Waals surface area contributed by atoms with Crippen LogP contribution < -0.4 is 0 Å². The van der Waals surface area contributed by atoms with Gasteiger partial charge in [-0.3, -0.25) is 4.98 Å². The first-order valence-corrected chi connectivity index (χ1v) is 9.93. The molecule has 0 saturated heterocycles. The van der Waals surface area contributed by atoms with E-state index in [9.17, 15) is 4.79 Å². The second kappa shape index (κ2) is 9.32. The second-order valence-corrected chi connectivity index (χ2v) is 7.20. The van der Waals surface area contributed by atoms with E-state index in [2.05, 4.69) is 56.1 Å². The van der Waals surface area contributed by atoms with Crippen molar-refractivity contribution in [3.63, 3.8) is 0 Å². The highest BCUT2D eigenvalue weighted by Crippen LogP contribution is 2.36. The lowest BCUT2D eigenvalue weighted by atomic mass is 9.87. The number of aromatic nitrogens is 1. The Labute approximate surface area is 167 Å². The molecular formula is C25H27NO2. The van der Waals surface area contributed by atoms with Gasteiger partial charge in [0.2, 0.25) is 0 Å². The van der Waals surface area contributed by atoms with Crippen LogP contribution in [0.2, 0.25) is 0 Å². The second-order valence-electron chi connectivity index (χ2n) is 7.20. The van der Waals surface area contributed by atoms with E-state index in [-0.39, 0.29) is 5.97 Å². The van der Waals surface area contributed by atoms with Gasteiger partial charge in [-0.05, 0) is 41.2 Å². The van der Waals surface area contributed by atoms with E-state index in [4.69, 9.17) is 4.74 Å². The third-order valence-corrected chi connectivity index (χ3v) is 4.79. The summed E-state index contributed by atoms with van der Waals surface area (Å²) in [7, 11) is 0. The number of unbranched alkanes of at least 4 members (excludes halogenated alkanes) is 1. The van der Waals surface area contributed by atoms with Crippen LogP contribution in [0.3, 0.4) is 0 Å². The number of nitrogens with zero attached hydrogens (tertiary/aromatic N) is 1. The smallest absolute Gasteiger partial charge is 0.330 e. The third-order valence-electron chi connectivity index (χ3n) is 4.79. The molecule has 144 valence electrons. The number of hydrogen-bond acceptors (Lipinski definition) is 3. The summed E-state index contributed by atoms with van der Waals surface area (Å²) < 4.78 is 5.26. The predicted molar refractivity (Wildman–Crippen MR) is 116 cm³/mol. The molecule has 0 amide bonds. The van der Waals surface area contributed by atoms with Crippen molar-refractivity contribution in [1.82, 2.24) is 4.98 Å². The maximum atomic E-state index is 12.0. The Bertz CT molecular complexity index is 984. The average Bonchev–Trinajstić information content (AvgIpc) is 2.71. The highest BCUT2D eigenvalue weighted by molar-refractivity contribution is 5.98. The summed E-state index contributed by atoms with van der Waals surface area (Å²) in [6.45, 7) is 6.91. The molecule has 0 spiro atoms. The molecule has 0 aliphatic carbocycles. The van der Waals surface area contributed by atoms with Crippen molar-refractivity contribution in [3.05, 3.63) is 71.9 Å². The number of para-hydroxylation sites is 1. The van der Waals surface area contributed by atoms with Gasteiger partial charge in [0.05, 0.1) is 12.1 Å². The van der Waals surface area contributed by atoms with Crippen LogP contribution in [0, 0.1) is 0 Å². The van der Waals surface area contributed by atoms with E-state index in [0.717, 1.165) is 40.4 Å². The van der Waals surface area contributed by atoms with Crippen molar-refractivity contribution in [2.45, 2.75) is 39.5 Å². The van der Waals surface area contributed by atoms with Gasteiger partial charge in [-0.1, -0.05) is 69.7 Å². The first-order chi connectivity index (χ1) is 13.6. The number of rotatable bonds is 7. The normalized spacial score (nSPS) is 11.4. The molecule has 1 aromatic heterocycles. The Hall–Kier alpha value is -2.94. The van der Waals surface area contributed by atoms with Crippen LogP contribution in [0.15, 0.2) is 60.8 Å². The molecule has 0 unspecified atom stereocenters. The molecular weight excluding hydrogens is 346 g/mol. The van der Waals surface area contributed by atoms with Gasteiger partial charge in [-0.2, -0.15) is 0 Å². The predicted octanol–water partition coefficient (Wildman–Crippen LogP) is 6.38. The molecule has 3 heteroatoms. The summed E-state index contributed by atoms with van der Waals surface area (Å²) in [6.07, 6.45) is 7.10. The van der Waals surface area contributed by atoms with Crippen LogP contribution in [0.4, 0.5) is 0 Å². The first-order valence-electron chi connectivity index (χ1n) is 9.93. The van der Waals surface area contributed by atoms with Gasteiger partial charge in [0.25, 0.3) is 0 Å². The Balaban J connectivity index is 2.08. The first kappa shape index (κ1) is 19.8. The van der Waals surface area contributed by atoms with Crippen LogP contribution in [0.5, 0.6) is 0 Å². The van der Waals surface area contributed by atoms with Crippen LogP contribution >= 0.6 is 0 Å². The molecule has 3 rings (SSSR count). The minimum atomic E-state index is -0.301. The number of carbonyl (C=O) groups is 1. The molecule has 0 aliphatic rings. The summed E-state index contributed by atoms with van der Waals surface area (Å²) in [5.74, 6) is 0.0456. The van der Waals surface area contributed by atoms with Gasteiger partial charge in [0.15, 0.2) is 0 Å². The molecule has 3 aromatic rings. The van der Waals surface area contributed by atoms with Gasteiger partial charge in [-0.15, -0.1) is 0 Å². The maximum Gasteiger partial charge on any atom is 0.330 e. The van der Waals surface area contributed by atoms with Crippen LogP contribution in [0.1, 0.15) is 50.7 Å². The number of carbonyl (C=O) groups excluding carboxylic acids is 1. The fourth-order valence-corrected chi connectivity index (χ4v) is 3.35. The van der Waals surface area contributed by atoms with Crippen molar-refractivity contribution in [2.75, 3.05) is 6.61 Å². The van der Waals surface area contributed by atoms with E-state index >= 15 is 0 Å². The largest absolute Gasteiger partial charge is 0.463 e. The third kappa shape index (κ3) is 4.48. The van der Waals surface area contributed by atoms with E-state index in [1.54, 1.807) is 0 Å². The molecule has 1 heterocycles. The zero-order valence-corrected chi connectivity index (χ0v) is 16.8. The number of pyridine rings is 1. The fourth-order valence-electron chi connectivity index (χ4n) is 3.35. The molecule has 0 radical (unpaired) electrons. The number of hydrogen-bond donors (Lipinski definition) is 0. The highest BCUT2D eigenvalue weighted by atomic mass is 16.5. The van der Waals surface area contributed by atoms with Crippen molar-refractivity contribution in [3.8, 4) is 11.1 Å². The standard InChI is InChI=1S/C25H27NO2/c1-4-5-17-28-23(27)15-14-19-9-6-12-21(18(2)3)24(19)22-13-7-10-20-11-8-16-26-25(20)22/h6-16,18H,4-5,17H2,1-3H3/b15-14+. The summed E-state index contributed by atoms with van der Waals surface area (Å²) in [5.41, 5.74) is 5.41. The quantitative estimate of drug-likeness (QED) is 0.274. The Morgan fingerprint density at radius 2 is 1.89 bits per heavy atom. The van der Waals surface area contributed by atoms with Crippen molar-refractivity contribution >= 4 is 22.9 Å². The number of benzene rings is 2. The van der Waals surface area contributed by atoms with Crippen LogP contribution in [-0.2, 0) is 9.53 Å². The number of esters is 1. The van der Waals surface area contributed by atoms with Gasteiger partial charge >= 0.3 is 5.97 Å². The Morgan fingerprint density at radius 3 is 2.68 bits per heavy atom. The Kier molecular flexibility index (Phi) is 6.59.